The van der Waals surface area contributed by atoms with Gasteiger partial charge in [0.05, 0.1) is 0 Å². The minimum Gasteiger partial charge on any atom is -0.309 e. The van der Waals surface area contributed by atoms with Gasteiger partial charge in [-0.2, -0.15) is 0 Å². The first kappa shape index (κ1) is 11.9. The van der Waals surface area contributed by atoms with E-state index in [9.17, 15) is 0 Å². The van der Waals surface area contributed by atoms with Crippen LogP contribution < -0.4 is 5.43 Å². The first-order chi connectivity index (χ1) is 6.68. The largest absolute Gasteiger partial charge is 0.309 e. The van der Waals surface area contributed by atoms with Crippen LogP contribution in [0.5, 0.6) is 0 Å². The van der Waals surface area contributed by atoms with E-state index in [1.54, 1.807) is 0 Å². The number of rotatable bonds is 5. The Bertz CT molecular complexity index is 141. The molecular weight excluding hydrogens is 176 g/mol. The monoisotopic (exact) mass is 200 g/mol. The van der Waals surface area contributed by atoms with Crippen molar-refractivity contribution in [2.24, 2.45) is 0 Å². The lowest BCUT2D eigenvalue weighted by Gasteiger charge is -2.32. The molecule has 4 heteroatoms. The highest BCUT2D eigenvalue weighted by Crippen LogP contribution is 1.95. The lowest BCUT2D eigenvalue weighted by atomic mass is 10.4. The van der Waals surface area contributed by atoms with Crippen LogP contribution in [0.1, 0.15) is 6.42 Å². The van der Waals surface area contributed by atoms with E-state index in [1.807, 2.05) is 0 Å². The summed E-state index contributed by atoms with van der Waals surface area (Å²) >= 11 is 0. The Morgan fingerprint density at radius 1 is 1.14 bits per heavy atom. The van der Waals surface area contributed by atoms with Gasteiger partial charge in [0.2, 0.25) is 0 Å². The van der Waals surface area contributed by atoms with Crippen molar-refractivity contribution in [1.29, 1.82) is 0 Å². The maximum Gasteiger partial charge on any atom is 0.0259 e. The first-order valence-electron chi connectivity index (χ1n) is 5.50. The topological polar surface area (TPSA) is 21.8 Å². The molecule has 4 nitrogen and oxygen atoms in total. The summed E-state index contributed by atoms with van der Waals surface area (Å²) in [5.41, 5.74) is 3.48. The molecule has 0 aromatic rings. The number of hydrogen-bond donors (Lipinski definition) is 1. The Morgan fingerprint density at radius 3 is 2.36 bits per heavy atom. The van der Waals surface area contributed by atoms with Gasteiger partial charge in [0.1, 0.15) is 0 Å². The summed E-state index contributed by atoms with van der Waals surface area (Å²) in [6, 6.07) is 0. The van der Waals surface area contributed by atoms with Crippen molar-refractivity contribution in [2.45, 2.75) is 6.42 Å². The molecule has 14 heavy (non-hydrogen) atoms. The number of nitrogens with one attached hydrogen (secondary N) is 1. The van der Waals surface area contributed by atoms with Gasteiger partial charge in [-0.3, -0.25) is 5.43 Å². The molecular formula is C10H24N4. The van der Waals surface area contributed by atoms with Gasteiger partial charge >= 0.3 is 0 Å². The van der Waals surface area contributed by atoms with Crippen LogP contribution in [0.2, 0.25) is 0 Å². The van der Waals surface area contributed by atoms with Crippen LogP contribution in [0.3, 0.4) is 0 Å². The second-order valence-corrected chi connectivity index (χ2v) is 4.36. The van der Waals surface area contributed by atoms with E-state index < -0.39 is 0 Å². The quantitative estimate of drug-likeness (QED) is 0.615. The minimum atomic E-state index is 1.10. The third kappa shape index (κ3) is 4.91. The lowest BCUT2D eigenvalue weighted by molar-refractivity contribution is 0.103. The van der Waals surface area contributed by atoms with Crippen molar-refractivity contribution >= 4 is 0 Å². The summed E-state index contributed by atoms with van der Waals surface area (Å²) in [6.45, 7) is 6.93. The number of hydrogen-bond acceptors (Lipinski definition) is 4. The summed E-state index contributed by atoms with van der Waals surface area (Å²) in [5.74, 6) is 0. The molecule has 1 aliphatic rings. The Kier molecular flexibility index (Phi) is 5.40. The van der Waals surface area contributed by atoms with Gasteiger partial charge < -0.3 is 9.80 Å². The molecule has 0 spiro atoms. The molecule has 0 radical (unpaired) electrons. The third-order valence-corrected chi connectivity index (χ3v) is 2.62. The van der Waals surface area contributed by atoms with E-state index in [1.165, 1.54) is 26.1 Å². The molecule has 0 amide bonds. The van der Waals surface area contributed by atoms with Crippen LogP contribution in [0.25, 0.3) is 0 Å². The third-order valence-electron chi connectivity index (χ3n) is 2.62. The van der Waals surface area contributed by atoms with E-state index in [0.29, 0.717) is 0 Å². The van der Waals surface area contributed by atoms with Gasteiger partial charge in [-0.05, 0) is 34.1 Å². The Balaban J connectivity index is 1.96. The van der Waals surface area contributed by atoms with Crippen molar-refractivity contribution in [2.75, 3.05) is 60.4 Å². The molecule has 0 aromatic carbocycles. The van der Waals surface area contributed by atoms with Crippen molar-refractivity contribution in [3.05, 3.63) is 0 Å². The molecule has 0 unspecified atom stereocenters. The SMILES string of the molecule is CN(C)CCCNN1CCN(C)CC1. The number of hydrazine groups is 1. The summed E-state index contributed by atoms with van der Waals surface area (Å²) in [5, 5.41) is 2.34. The fraction of sp³-hybridized carbons (Fsp3) is 1.00. The summed E-state index contributed by atoms with van der Waals surface area (Å²) in [4.78, 5) is 4.60. The second-order valence-electron chi connectivity index (χ2n) is 4.36. The first-order valence-corrected chi connectivity index (χ1v) is 5.50. The molecule has 0 aromatic heterocycles. The predicted octanol–water partition coefficient (Wildman–Crippen LogP) is -0.310. The average Bonchev–Trinajstić information content (AvgIpc) is 2.15. The van der Waals surface area contributed by atoms with E-state index in [4.69, 9.17) is 0 Å². The normalized spacial score (nSPS) is 20.6. The minimum absolute atomic E-state index is 1.10. The zero-order chi connectivity index (χ0) is 10.4. The zero-order valence-corrected chi connectivity index (χ0v) is 9.79. The Morgan fingerprint density at radius 2 is 1.79 bits per heavy atom. The lowest BCUT2D eigenvalue weighted by Crippen LogP contribution is -2.51. The van der Waals surface area contributed by atoms with Crippen molar-refractivity contribution in [1.82, 2.24) is 20.2 Å². The predicted molar refractivity (Wildman–Crippen MR) is 60.2 cm³/mol. The molecule has 1 aliphatic heterocycles. The van der Waals surface area contributed by atoms with E-state index >= 15 is 0 Å². The second kappa shape index (κ2) is 6.35. The summed E-state index contributed by atoms with van der Waals surface area (Å²) < 4.78 is 0. The molecule has 84 valence electrons. The number of nitrogens with zero attached hydrogens (tertiary/aromatic N) is 3. The van der Waals surface area contributed by atoms with E-state index in [-0.39, 0.29) is 0 Å². The van der Waals surface area contributed by atoms with Gasteiger partial charge in [-0.15, -0.1) is 0 Å². The number of piperazine rings is 1. The summed E-state index contributed by atoms with van der Waals surface area (Å²) in [6.07, 6.45) is 1.22. The van der Waals surface area contributed by atoms with Crippen LogP contribution >= 0.6 is 0 Å². The van der Waals surface area contributed by atoms with Crippen LogP contribution in [0.4, 0.5) is 0 Å². The van der Waals surface area contributed by atoms with Crippen molar-refractivity contribution < 1.29 is 0 Å². The van der Waals surface area contributed by atoms with Gasteiger partial charge in [0, 0.05) is 32.7 Å². The van der Waals surface area contributed by atoms with Crippen molar-refractivity contribution in [3.8, 4) is 0 Å². The Hall–Kier alpha value is -0.160. The van der Waals surface area contributed by atoms with Gasteiger partial charge in [-0.1, -0.05) is 0 Å². The molecule has 1 rings (SSSR count). The molecule has 1 heterocycles. The highest BCUT2D eigenvalue weighted by molar-refractivity contribution is 4.65. The average molecular weight is 200 g/mol. The van der Waals surface area contributed by atoms with Crippen LogP contribution in [-0.2, 0) is 0 Å². The standard InChI is InChI=1S/C10H24N4/c1-12(2)6-4-5-11-14-9-7-13(3)8-10-14/h11H,4-10H2,1-3H3. The van der Waals surface area contributed by atoms with Gasteiger partial charge in [-0.25, -0.2) is 5.01 Å². The van der Waals surface area contributed by atoms with E-state index in [0.717, 1.165) is 19.6 Å². The maximum absolute atomic E-state index is 3.48. The molecule has 0 saturated carbocycles. The molecule has 1 saturated heterocycles. The molecule has 1 fully saturated rings. The maximum atomic E-state index is 3.48. The molecule has 0 atom stereocenters. The number of likely N-dealkylation sites (N-methyl/N-ethyl adjacent to an activating group) is 1. The van der Waals surface area contributed by atoms with Crippen LogP contribution in [0.15, 0.2) is 0 Å². The summed E-state index contributed by atoms with van der Waals surface area (Å²) in [7, 11) is 6.43. The Labute approximate surface area is 87.8 Å². The smallest absolute Gasteiger partial charge is 0.0259 e. The fourth-order valence-electron chi connectivity index (χ4n) is 1.60. The van der Waals surface area contributed by atoms with Crippen molar-refractivity contribution in [3.63, 3.8) is 0 Å². The molecule has 0 bridgehead atoms. The van der Waals surface area contributed by atoms with E-state index in [2.05, 4.69) is 41.4 Å². The highest BCUT2D eigenvalue weighted by atomic mass is 15.5. The highest BCUT2D eigenvalue weighted by Gasteiger charge is 2.12. The fourth-order valence-corrected chi connectivity index (χ4v) is 1.60. The van der Waals surface area contributed by atoms with Crippen LogP contribution in [0, 0.1) is 0 Å². The molecule has 0 aliphatic carbocycles. The van der Waals surface area contributed by atoms with Gasteiger partial charge in [0.15, 0.2) is 0 Å². The van der Waals surface area contributed by atoms with Crippen LogP contribution in [-0.4, -0.2) is 75.2 Å². The molecule has 1 N–H and O–H groups in total. The van der Waals surface area contributed by atoms with Gasteiger partial charge in [0.25, 0.3) is 0 Å². The zero-order valence-electron chi connectivity index (χ0n) is 9.79.